The number of benzene rings is 1. The molecular formula is C12H13ClN2O4. The molecule has 0 aliphatic carbocycles. The molecule has 1 aliphatic rings. The maximum absolute atomic E-state index is 11.9. The molecule has 0 radical (unpaired) electrons. The summed E-state index contributed by atoms with van der Waals surface area (Å²) in [7, 11) is 2.98. The van der Waals surface area contributed by atoms with Gasteiger partial charge in [-0.3, -0.25) is 4.79 Å². The summed E-state index contributed by atoms with van der Waals surface area (Å²) in [6.45, 7) is 0.420. The van der Waals surface area contributed by atoms with E-state index in [1.165, 1.54) is 14.2 Å². The van der Waals surface area contributed by atoms with Gasteiger partial charge in [-0.05, 0) is 0 Å². The van der Waals surface area contributed by atoms with Gasteiger partial charge in [-0.2, -0.15) is 0 Å². The highest BCUT2D eigenvalue weighted by atomic mass is 35.5. The molecule has 19 heavy (non-hydrogen) atoms. The number of methoxy groups -OCH3 is 2. The maximum atomic E-state index is 11.9. The molecule has 0 spiro atoms. The molecule has 0 fully saturated rings. The van der Waals surface area contributed by atoms with Crippen LogP contribution in [0.3, 0.4) is 0 Å². The number of carbonyl (C=O) groups excluding carboxylic acids is 1. The summed E-state index contributed by atoms with van der Waals surface area (Å²) in [6, 6.07) is 3.17. The van der Waals surface area contributed by atoms with E-state index in [4.69, 9.17) is 25.9 Å². The number of anilines is 1. The van der Waals surface area contributed by atoms with Gasteiger partial charge in [-0.25, -0.2) is 0 Å². The molecule has 1 N–H and O–H groups in total. The van der Waals surface area contributed by atoms with Crippen molar-refractivity contribution < 1.29 is 19.1 Å². The minimum atomic E-state index is -0.333. The smallest absolute Gasteiger partial charge is 0.273 e. The van der Waals surface area contributed by atoms with Crippen LogP contribution in [-0.2, 0) is 9.63 Å². The zero-order valence-electron chi connectivity index (χ0n) is 10.5. The van der Waals surface area contributed by atoms with Crippen LogP contribution in [0.5, 0.6) is 11.5 Å². The summed E-state index contributed by atoms with van der Waals surface area (Å²) in [5.74, 6) is 0.557. The first-order valence-corrected chi connectivity index (χ1v) is 5.95. The lowest BCUT2D eigenvalue weighted by molar-refractivity contribution is -0.110. The predicted octanol–water partition coefficient (Wildman–Crippen LogP) is 2.07. The fourth-order valence-corrected chi connectivity index (χ4v) is 1.85. The fourth-order valence-electron chi connectivity index (χ4n) is 1.62. The monoisotopic (exact) mass is 284 g/mol. The van der Waals surface area contributed by atoms with Crippen LogP contribution in [0.25, 0.3) is 0 Å². The van der Waals surface area contributed by atoms with Gasteiger partial charge in [-0.15, -0.1) is 0 Å². The van der Waals surface area contributed by atoms with Crippen molar-refractivity contribution in [2.24, 2.45) is 5.16 Å². The second kappa shape index (κ2) is 5.79. The largest absolute Gasteiger partial charge is 0.495 e. The van der Waals surface area contributed by atoms with Crippen LogP contribution < -0.4 is 14.8 Å². The lowest BCUT2D eigenvalue weighted by Gasteiger charge is -2.12. The Balaban J connectivity index is 2.25. The predicted molar refractivity (Wildman–Crippen MR) is 71.2 cm³/mol. The van der Waals surface area contributed by atoms with Gasteiger partial charge in [0.15, 0.2) is 0 Å². The number of nitrogens with one attached hydrogen (secondary N) is 1. The Morgan fingerprint density at radius 3 is 2.68 bits per heavy atom. The average molecular weight is 285 g/mol. The maximum Gasteiger partial charge on any atom is 0.273 e. The molecule has 0 saturated heterocycles. The van der Waals surface area contributed by atoms with Crippen LogP contribution in [0.15, 0.2) is 17.3 Å². The molecule has 0 saturated carbocycles. The summed E-state index contributed by atoms with van der Waals surface area (Å²) in [4.78, 5) is 16.7. The normalized spacial score (nSPS) is 13.5. The summed E-state index contributed by atoms with van der Waals surface area (Å²) >= 11 is 5.98. The molecule has 1 amide bonds. The van der Waals surface area contributed by atoms with Crippen molar-refractivity contribution in [3.8, 4) is 11.5 Å². The zero-order valence-corrected chi connectivity index (χ0v) is 11.3. The highest BCUT2D eigenvalue weighted by Crippen LogP contribution is 2.35. The van der Waals surface area contributed by atoms with Gasteiger partial charge in [-0.1, -0.05) is 16.8 Å². The number of hydrogen-bond donors (Lipinski definition) is 1. The van der Waals surface area contributed by atoms with E-state index >= 15 is 0 Å². The van der Waals surface area contributed by atoms with E-state index in [9.17, 15) is 4.79 Å². The third kappa shape index (κ3) is 2.90. The van der Waals surface area contributed by atoms with Crippen molar-refractivity contribution in [2.45, 2.75) is 6.42 Å². The standard InChI is InChI=1S/C12H13ClN2O4/c1-17-10-6-9(11(18-2)5-7(10)13)14-12(16)8-3-4-19-15-8/h5-6H,3-4H2,1-2H3,(H,14,16). The molecule has 0 aromatic heterocycles. The van der Waals surface area contributed by atoms with Crippen molar-refractivity contribution in [2.75, 3.05) is 26.1 Å². The van der Waals surface area contributed by atoms with Crippen molar-refractivity contribution in [1.82, 2.24) is 0 Å². The van der Waals surface area contributed by atoms with Gasteiger partial charge < -0.3 is 19.6 Å². The van der Waals surface area contributed by atoms with E-state index < -0.39 is 0 Å². The Kier molecular flexibility index (Phi) is 4.11. The fraction of sp³-hybridized carbons (Fsp3) is 0.333. The Bertz CT molecular complexity index is 531. The Hall–Kier alpha value is -1.95. The van der Waals surface area contributed by atoms with Gasteiger partial charge in [0.05, 0.1) is 24.9 Å². The van der Waals surface area contributed by atoms with Gasteiger partial charge in [0.2, 0.25) is 0 Å². The molecular weight excluding hydrogens is 272 g/mol. The summed E-state index contributed by atoms with van der Waals surface area (Å²) in [6.07, 6.45) is 0.485. The molecule has 0 bridgehead atoms. The minimum Gasteiger partial charge on any atom is -0.495 e. The Morgan fingerprint density at radius 2 is 2.11 bits per heavy atom. The molecule has 6 nitrogen and oxygen atoms in total. The number of hydrogen-bond acceptors (Lipinski definition) is 5. The van der Waals surface area contributed by atoms with Crippen LogP contribution >= 0.6 is 11.6 Å². The molecule has 0 atom stereocenters. The lowest BCUT2D eigenvalue weighted by Crippen LogP contribution is -2.21. The first-order chi connectivity index (χ1) is 9.15. The minimum absolute atomic E-state index is 0.333. The highest BCUT2D eigenvalue weighted by molar-refractivity contribution is 6.43. The zero-order chi connectivity index (χ0) is 13.8. The quantitative estimate of drug-likeness (QED) is 0.919. The van der Waals surface area contributed by atoms with Crippen LogP contribution in [0.4, 0.5) is 5.69 Å². The number of ether oxygens (including phenoxy) is 2. The van der Waals surface area contributed by atoms with E-state index in [2.05, 4.69) is 10.5 Å². The summed E-state index contributed by atoms with van der Waals surface area (Å²) in [5.41, 5.74) is 0.805. The van der Waals surface area contributed by atoms with Gasteiger partial charge >= 0.3 is 0 Å². The second-order valence-electron chi connectivity index (χ2n) is 3.76. The van der Waals surface area contributed by atoms with E-state index in [0.717, 1.165) is 0 Å². The van der Waals surface area contributed by atoms with Crippen LogP contribution in [-0.4, -0.2) is 32.4 Å². The molecule has 2 rings (SSSR count). The van der Waals surface area contributed by atoms with Crippen LogP contribution in [0, 0.1) is 0 Å². The number of nitrogens with zero attached hydrogens (tertiary/aromatic N) is 1. The number of rotatable bonds is 4. The third-order valence-corrected chi connectivity index (χ3v) is 2.88. The number of amides is 1. The molecule has 1 aromatic carbocycles. The molecule has 1 aromatic rings. The molecule has 0 unspecified atom stereocenters. The van der Waals surface area contributed by atoms with Crippen molar-refractivity contribution in [3.63, 3.8) is 0 Å². The average Bonchev–Trinajstić information content (AvgIpc) is 2.94. The van der Waals surface area contributed by atoms with E-state index in [-0.39, 0.29) is 5.91 Å². The molecule has 102 valence electrons. The van der Waals surface area contributed by atoms with Gasteiger partial charge in [0.25, 0.3) is 5.91 Å². The van der Waals surface area contributed by atoms with Gasteiger partial charge in [0.1, 0.15) is 23.8 Å². The van der Waals surface area contributed by atoms with Gasteiger partial charge in [0, 0.05) is 18.6 Å². The van der Waals surface area contributed by atoms with Crippen molar-refractivity contribution in [1.29, 1.82) is 0 Å². The van der Waals surface area contributed by atoms with E-state index in [1.807, 2.05) is 0 Å². The van der Waals surface area contributed by atoms with Crippen molar-refractivity contribution >= 4 is 28.9 Å². The molecule has 1 aliphatic heterocycles. The second-order valence-corrected chi connectivity index (χ2v) is 4.17. The topological polar surface area (TPSA) is 69.2 Å². The third-order valence-electron chi connectivity index (χ3n) is 2.59. The SMILES string of the molecule is COc1cc(NC(=O)C2=NOCC2)c(OC)cc1Cl. The first-order valence-electron chi connectivity index (χ1n) is 5.57. The Morgan fingerprint density at radius 1 is 1.37 bits per heavy atom. The molecule has 1 heterocycles. The van der Waals surface area contributed by atoms with Crippen molar-refractivity contribution in [3.05, 3.63) is 17.2 Å². The van der Waals surface area contributed by atoms with Crippen LogP contribution in [0.1, 0.15) is 6.42 Å². The Labute approximate surface area is 115 Å². The number of halogens is 1. The molecule has 7 heteroatoms. The van der Waals surface area contributed by atoms with E-state index in [0.29, 0.717) is 40.9 Å². The number of oxime groups is 1. The first kappa shape index (κ1) is 13.5. The summed E-state index contributed by atoms with van der Waals surface area (Å²) in [5, 5.41) is 6.75. The van der Waals surface area contributed by atoms with Crippen LogP contribution in [0.2, 0.25) is 5.02 Å². The lowest BCUT2D eigenvalue weighted by atomic mass is 10.2. The van der Waals surface area contributed by atoms with E-state index in [1.54, 1.807) is 12.1 Å². The highest BCUT2D eigenvalue weighted by Gasteiger charge is 2.19. The summed E-state index contributed by atoms with van der Waals surface area (Å²) < 4.78 is 10.3. The number of carbonyl (C=O) groups is 1.